The molecular formula is C17H23NO4. The third-order valence-electron chi connectivity index (χ3n) is 3.92. The lowest BCUT2D eigenvalue weighted by Crippen LogP contribution is -2.32. The maximum Gasteiger partial charge on any atom is 0.303 e. The number of aliphatic carboxylic acids is 1. The number of carbonyl (C=O) groups excluding carboxylic acids is 1. The summed E-state index contributed by atoms with van der Waals surface area (Å²) in [5, 5.41) is 11.6. The van der Waals surface area contributed by atoms with E-state index < -0.39 is 5.97 Å². The highest BCUT2D eigenvalue weighted by molar-refractivity contribution is 5.76. The van der Waals surface area contributed by atoms with Crippen LogP contribution >= 0.6 is 0 Å². The molecule has 0 bridgehead atoms. The molecule has 5 heteroatoms. The summed E-state index contributed by atoms with van der Waals surface area (Å²) in [4.78, 5) is 22.5. The number of ether oxygens (including phenoxy) is 1. The monoisotopic (exact) mass is 305 g/mol. The third kappa shape index (κ3) is 4.23. The molecule has 1 unspecified atom stereocenters. The fourth-order valence-electron chi connectivity index (χ4n) is 2.75. The molecule has 0 aromatic heterocycles. The highest BCUT2D eigenvalue weighted by Crippen LogP contribution is 2.35. The predicted molar refractivity (Wildman–Crippen MR) is 82.9 cm³/mol. The lowest BCUT2D eigenvalue weighted by Gasteiger charge is -2.28. The average molecular weight is 305 g/mol. The van der Waals surface area contributed by atoms with Gasteiger partial charge in [-0.2, -0.15) is 0 Å². The summed E-state index contributed by atoms with van der Waals surface area (Å²) in [5.74, 6) is 0.0726. The van der Waals surface area contributed by atoms with Gasteiger partial charge in [-0.3, -0.25) is 9.59 Å². The molecule has 5 nitrogen and oxygen atoms in total. The molecule has 1 amide bonds. The topological polar surface area (TPSA) is 75.6 Å². The van der Waals surface area contributed by atoms with Crippen molar-refractivity contribution in [2.24, 2.45) is 0 Å². The van der Waals surface area contributed by atoms with E-state index in [0.717, 1.165) is 29.7 Å². The molecule has 1 atom stereocenters. The Balaban J connectivity index is 1.92. The number of carboxylic acids is 1. The summed E-state index contributed by atoms with van der Waals surface area (Å²) in [6, 6.07) is 6.04. The Kier molecular flexibility index (Phi) is 5.81. The predicted octanol–water partition coefficient (Wildman–Crippen LogP) is 2.83. The molecule has 0 saturated heterocycles. The number of rotatable bonds is 7. The van der Waals surface area contributed by atoms with E-state index >= 15 is 0 Å². The van der Waals surface area contributed by atoms with Gasteiger partial charge in [0.15, 0.2) is 0 Å². The first-order valence-electron chi connectivity index (χ1n) is 7.87. The molecule has 1 heterocycles. The Labute approximate surface area is 130 Å². The van der Waals surface area contributed by atoms with E-state index in [0.29, 0.717) is 25.9 Å². The second-order valence-electron chi connectivity index (χ2n) is 5.55. The van der Waals surface area contributed by atoms with Gasteiger partial charge in [0.05, 0.1) is 12.6 Å². The van der Waals surface area contributed by atoms with Crippen LogP contribution in [-0.2, 0) is 16.0 Å². The van der Waals surface area contributed by atoms with E-state index in [1.807, 2.05) is 12.1 Å². The number of hydrogen-bond donors (Lipinski definition) is 2. The molecule has 1 aliphatic rings. The number of amides is 1. The molecule has 1 aromatic carbocycles. The first-order valence-corrected chi connectivity index (χ1v) is 7.87. The molecule has 0 fully saturated rings. The van der Waals surface area contributed by atoms with E-state index in [-0.39, 0.29) is 18.4 Å². The van der Waals surface area contributed by atoms with E-state index in [9.17, 15) is 9.59 Å². The summed E-state index contributed by atoms with van der Waals surface area (Å²) < 4.78 is 5.77. The van der Waals surface area contributed by atoms with Crippen LogP contribution in [0.3, 0.4) is 0 Å². The highest BCUT2D eigenvalue weighted by Gasteiger charge is 2.24. The Morgan fingerprint density at radius 2 is 2.09 bits per heavy atom. The zero-order valence-corrected chi connectivity index (χ0v) is 12.9. The fraction of sp³-hybridized carbons (Fsp3) is 0.529. The van der Waals surface area contributed by atoms with Crippen molar-refractivity contribution in [3.05, 3.63) is 29.3 Å². The Morgan fingerprint density at radius 3 is 2.82 bits per heavy atom. The van der Waals surface area contributed by atoms with Crippen molar-refractivity contribution in [1.29, 1.82) is 0 Å². The van der Waals surface area contributed by atoms with Crippen molar-refractivity contribution >= 4 is 11.9 Å². The van der Waals surface area contributed by atoms with E-state index in [4.69, 9.17) is 9.84 Å². The normalized spacial score (nSPS) is 16.5. The van der Waals surface area contributed by atoms with Gasteiger partial charge >= 0.3 is 5.97 Å². The molecule has 1 aliphatic heterocycles. The van der Waals surface area contributed by atoms with Gasteiger partial charge in [-0.25, -0.2) is 0 Å². The minimum absolute atomic E-state index is 0.0118. The van der Waals surface area contributed by atoms with Gasteiger partial charge in [0.1, 0.15) is 5.75 Å². The van der Waals surface area contributed by atoms with Gasteiger partial charge in [0.25, 0.3) is 0 Å². The number of hydrogen-bond acceptors (Lipinski definition) is 3. The number of carbonyl (C=O) groups is 2. The zero-order valence-electron chi connectivity index (χ0n) is 12.9. The van der Waals surface area contributed by atoms with Crippen LogP contribution in [0.2, 0.25) is 0 Å². The van der Waals surface area contributed by atoms with Gasteiger partial charge < -0.3 is 15.2 Å². The molecule has 0 saturated carbocycles. The molecular weight excluding hydrogens is 282 g/mol. The van der Waals surface area contributed by atoms with Crippen LogP contribution in [0.25, 0.3) is 0 Å². The summed E-state index contributed by atoms with van der Waals surface area (Å²) in [6.45, 7) is 2.69. The van der Waals surface area contributed by atoms with Crippen molar-refractivity contribution < 1.29 is 19.4 Å². The quantitative estimate of drug-likeness (QED) is 0.760. The number of benzene rings is 1. The SMILES string of the molecule is CCc1cccc2c1OCCC2NC(=O)CCCCC(=O)O. The number of aryl methyl sites for hydroxylation is 1. The Hall–Kier alpha value is -2.04. The molecule has 0 radical (unpaired) electrons. The minimum Gasteiger partial charge on any atom is -0.493 e. The van der Waals surface area contributed by atoms with E-state index in [1.165, 1.54) is 0 Å². The van der Waals surface area contributed by atoms with Crippen LogP contribution < -0.4 is 10.1 Å². The first kappa shape index (κ1) is 16.3. The number of nitrogens with one attached hydrogen (secondary N) is 1. The molecule has 0 aliphatic carbocycles. The van der Waals surface area contributed by atoms with Crippen molar-refractivity contribution in [3.63, 3.8) is 0 Å². The van der Waals surface area contributed by atoms with Gasteiger partial charge in [0, 0.05) is 24.8 Å². The lowest BCUT2D eigenvalue weighted by atomic mass is 9.96. The molecule has 120 valence electrons. The molecule has 2 rings (SSSR count). The van der Waals surface area contributed by atoms with Crippen molar-refractivity contribution in [2.75, 3.05) is 6.61 Å². The molecule has 22 heavy (non-hydrogen) atoms. The zero-order chi connectivity index (χ0) is 15.9. The van der Waals surface area contributed by atoms with Crippen LogP contribution in [0.1, 0.15) is 56.2 Å². The molecule has 2 N–H and O–H groups in total. The maximum atomic E-state index is 12.0. The van der Waals surface area contributed by atoms with Crippen LogP contribution in [0, 0.1) is 0 Å². The first-order chi connectivity index (χ1) is 10.6. The van der Waals surface area contributed by atoms with Gasteiger partial charge in [-0.05, 0) is 24.8 Å². The number of carboxylic acid groups (broad SMARTS) is 1. The lowest BCUT2D eigenvalue weighted by molar-refractivity contribution is -0.137. The summed E-state index contributed by atoms with van der Waals surface area (Å²) in [5.41, 5.74) is 2.21. The van der Waals surface area contributed by atoms with Gasteiger partial charge in [-0.15, -0.1) is 0 Å². The second kappa shape index (κ2) is 7.82. The number of fused-ring (bicyclic) bond motifs is 1. The number of unbranched alkanes of at least 4 members (excludes halogenated alkanes) is 1. The minimum atomic E-state index is -0.814. The molecule has 0 spiro atoms. The van der Waals surface area contributed by atoms with Crippen LogP contribution in [0.15, 0.2) is 18.2 Å². The Morgan fingerprint density at radius 1 is 1.32 bits per heavy atom. The summed E-state index contributed by atoms with van der Waals surface area (Å²) >= 11 is 0. The van der Waals surface area contributed by atoms with Crippen molar-refractivity contribution in [3.8, 4) is 5.75 Å². The fourth-order valence-corrected chi connectivity index (χ4v) is 2.75. The van der Waals surface area contributed by atoms with Crippen LogP contribution in [0.4, 0.5) is 0 Å². The Bertz CT molecular complexity index is 541. The average Bonchev–Trinajstić information content (AvgIpc) is 2.51. The standard InChI is InChI=1S/C17H23NO4/c1-2-12-6-5-7-13-14(10-11-22-17(12)13)18-15(19)8-3-4-9-16(20)21/h5-7,14H,2-4,8-11H2,1H3,(H,18,19)(H,20,21). The number of para-hydroxylation sites is 1. The maximum absolute atomic E-state index is 12.0. The highest BCUT2D eigenvalue weighted by atomic mass is 16.5. The van der Waals surface area contributed by atoms with Gasteiger partial charge in [-0.1, -0.05) is 25.1 Å². The third-order valence-corrected chi connectivity index (χ3v) is 3.92. The largest absolute Gasteiger partial charge is 0.493 e. The summed E-state index contributed by atoms with van der Waals surface area (Å²) in [7, 11) is 0. The van der Waals surface area contributed by atoms with E-state index in [1.54, 1.807) is 0 Å². The van der Waals surface area contributed by atoms with E-state index in [2.05, 4.69) is 18.3 Å². The smallest absolute Gasteiger partial charge is 0.303 e. The van der Waals surface area contributed by atoms with Crippen molar-refractivity contribution in [1.82, 2.24) is 5.32 Å². The second-order valence-corrected chi connectivity index (χ2v) is 5.55. The van der Waals surface area contributed by atoms with Gasteiger partial charge in [0.2, 0.25) is 5.91 Å². The molecule has 1 aromatic rings. The summed E-state index contributed by atoms with van der Waals surface area (Å²) in [6.07, 6.45) is 3.29. The van der Waals surface area contributed by atoms with Crippen LogP contribution in [-0.4, -0.2) is 23.6 Å². The van der Waals surface area contributed by atoms with Crippen LogP contribution in [0.5, 0.6) is 5.75 Å². The van der Waals surface area contributed by atoms with Crippen molar-refractivity contribution in [2.45, 2.75) is 51.5 Å².